The van der Waals surface area contributed by atoms with Crippen molar-refractivity contribution >= 4 is 29.1 Å². The Labute approximate surface area is 169 Å². The smallest absolute Gasteiger partial charge is 0.165 e. The number of aryl methyl sites for hydroxylation is 1. The molecular formula is C20H27N9. The van der Waals surface area contributed by atoms with Crippen LogP contribution in [0.2, 0.25) is 0 Å². The van der Waals surface area contributed by atoms with Gasteiger partial charge in [-0.05, 0) is 31.9 Å². The van der Waals surface area contributed by atoms with Crippen LogP contribution < -0.4 is 16.1 Å². The fourth-order valence-corrected chi connectivity index (χ4v) is 3.64. The SMILES string of the molecule is C=C(/C=N\NC)c1cnn2c(Nc3ccnn3CC)cc(C3CCCNC3)nc12. The maximum absolute atomic E-state index is 4.98. The van der Waals surface area contributed by atoms with Gasteiger partial charge in [0.2, 0.25) is 0 Å². The summed E-state index contributed by atoms with van der Waals surface area (Å²) in [5.41, 5.74) is 6.19. The van der Waals surface area contributed by atoms with Crippen molar-refractivity contribution < 1.29 is 0 Å². The molecule has 1 atom stereocenters. The number of hydrogen-bond acceptors (Lipinski definition) is 7. The highest BCUT2D eigenvalue weighted by Gasteiger charge is 2.21. The number of nitrogens with zero attached hydrogens (tertiary/aromatic N) is 6. The molecule has 3 aromatic heterocycles. The molecule has 1 fully saturated rings. The minimum absolute atomic E-state index is 0.368. The highest BCUT2D eigenvalue weighted by atomic mass is 15.4. The molecule has 3 aromatic rings. The first-order valence-electron chi connectivity index (χ1n) is 9.98. The maximum atomic E-state index is 4.98. The lowest BCUT2D eigenvalue weighted by molar-refractivity contribution is 0.455. The van der Waals surface area contributed by atoms with Crippen LogP contribution in [0, 0.1) is 0 Å². The average Bonchev–Trinajstić information content (AvgIpc) is 3.39. The second kappa shape index (κ2) is 8.44. The Hall–Kier alpha value is -3.20. The molecule has 1 saturated heterocycles. The van der Waals surface area contributed by atoms with Gasteiger partial charge in [-0.3, -0.25) is 0 Å². The summed E-state index contributed by atoms with van der Waals surface area (Å²) in [4.78, 5) is 4.98. The predicted octanol–water partition coefficient (Wildman–Crippen LogP) is 2.37. The van der Waals surface area contributed by atoms with Crippen molar-refractivity contribution in [2.45, 2.75) is 32.2 Å². The first kappa shape index (κ1) is 19.1. The fraction of sp³-hybridized carbons (Fsp3) is 0.400. The highest BCUT2D eigenvalue weighted by molar-refractivity contribution is 6.11. The summed E-state index contributed by atoms with van der Waals surface area (Å²) < 4.78 is 3.73. The number of nitrogens with one attached hydrogen (secondary N) is 3. The molecule has 0 aromatic carbocycles. The van der Waals surface area contributed by atoms with E-state index in [2.05, 4.69) is 50.9 Å². The molecule has 4 rings (SSSR count). The summed E-state index contributed by atoms with van der Waals surface area (Å²) in [5, 5.41) is 20.0. The van der Waals surface area contributed by atoms with E-state index < -0.39 is 0 Å². The molecule has 3 N–H and O–H groups in total. The summed E-state index contributed by atoms with van der Waals surface area (Å²) in [6, 6.07) is 4.05. The Morgan fingerprint density at radius 1 is 1.41 bits per heavy atom. The zero-order chi connectivity index (χ0) is 20.2. The molecule has 152 valence electrons. The molecule has 29 heavy (non-hydrogen) atoms. The van der Waals surface area contributed by atoms with Gasteiger partial charge in [0.1, 0.15) is 11.6 Å². The monoisotopic (exact) mass is 393 g/mol. The number of hydrazone groups is 1. The van der Waals surface area contributed by atoms with Crippen LogP contribution in [-0.2, 0) is 6.54 Å². The molecule has 9 nitrogen and oxygen atoms in total. The van der Waals surface area contributed by atoms with E-state index in [1.54, 1.807) is 25.7 Å². The van der Waals surface area contributed by atoms with Crippen molar-refractivity contribution in [3.8, 4) is 0 Å². The van der Waals surface area contributed by atoms with Crippen molar-refractivity contribution in [3.63, 3.8) is 0 Å². The Kier molecular flexibility index (Phi) is 5.57. The maximum Gasteiger partial charge on any atom is 0.165 e. The minimum Gasteiger partial charge on any atom is -0.325 e. The zero-order valence-electron chi connectivity index (χ0n) is 16.9. The molecule has 9 heteroatoms. The fourth-order valence-electron chi connectivity index (χ4n) is 3.64. The number of allylic oxidation sites excluding steroid dienone is 1. The molecule has 0 bridgehead atoms. The summed E-state index contributed by atoms with van der Waals surface area (Å²) in [5.74, 6) is 2.14. The van der Waals surface area contributed by atoms with Crippen molar-refractivity contribution in [2.75, 3.05) is 25.5 Å². The number of fused-ring (bicyclic) bond motifs is 1. The van der Waals surface area contributed by atoms with Crippen LogP contribution >= 0.6 is 0 Å². The average molecular weight is 393 g/mol. The molecule has 1 aliphatic heterocycles. The van der Waals surface area contributed by atoms with E-state index in [0.717, 1.165) is 66.6 Å². The van der Waals surface area contributed by atoms with Gasteiger partial charge < -0.3 is 16.1 Å². The Morgan fingerprint density at radius 3 is 3.07 bits per heavy atom. The van der Waals surface area contributed by atoms with E-state index in [1.807, 2.05) is 15.3 Å². The van der Waals surface area contributed by atoms with Gasteiger partial charge in [0.05, 0.1) is 24.3 Å². The van der Waals surface area contributed by atoms with Crippen LogP contribution in [0.1, 0.15) is 36.9 Å². The van der Waals surface area contributed by atoms with E-state index in [9.17, 15) is 0 Å². The molecule has 1 aliphatic rings. The van der Waals surface area contributed by atoms with Gasteiger partial charge in [0, 0.05) is 43.8 Å². The van der Waals surface area contributed by atoms with Crippen LogP contribution in [0.4, 0.5) is 11.6 Å². The van der Waals surface area contributed by atoms with Crippen LogP contribution in [-0.4, -0.2) is 50.7 Å². The van der Waals surface area contributed by atoms with Crippen LogP contribution in [0.3, 0.4) is 0 Å². The van der Waals surface area contributed by atoms with E-state index in [-0.39, 0.29) is 0 Å². The van der Waals surface area contributed by atoms with Gasteiger partial charge >= 0.3 is 0 Å². The summed E-state index contributed by atoms with van der Waals surface area (Å²) in [6.07, 6.45) is 7.54. The molecule has 0 saturated carbocycles. The predicted molar refractivity (Wildman–Crippen MR) is 116 cm³/mol. The van der Waals surface area contributed by atoms with Crippen LogP contribution in [0.5, 0.6) is 0 Å². The number of anilines is 2. The highest BCUT2D eigenvalue weighted by Crippen LogP contribution is 2.28. The van der Waals surface area contributed by atoms with Gasteiger partial charge in [-0.2, -0.15) is 19.8 Å². The van der Waals surface area contributed by atoms with Gasteiger partial charge in [-0.25, -0.2) is 9.67 Å². The molecule has 0 spiro atoms. The largest absolute Gasteiger partial charge is 0.325 e. The third kappa shape index (κ3) is 3.86. The van der Waals surface area contributed by atoms with Crippen LogP contribution in [0.15, 0.2) is 36.2 Å². The van der Waals surface area contributed by atoms with Gasteiger partial charge in [-0.15, -0.1) is 0 Å². The number of aromatic nitrogens is 5. The van der Waals surface area contributed by atoms with E-state index in [1.165, 1.54) is 0 Å². The third-order valence-corrected chi connectivity index (χ3v) is 5.17. The zero-order valence-corrected chi connectivity index (χ0v) is 16.9. The van der Waals surface area contributed by atoms with Crippen molar-refractivity contribution in [3.05, 3.63) is 42.4 Å². The molecule has 4 heterocycles. The summed E-state index contributed by atoms with van der Waals surface area (Å²) in [6.45, 7) is 8.97. The molecule has 1 unspecified atom stereocenters. The number of hydrogen-bond donors (Lipinski definition) is 3. The minimum atomic E-state index is 0.368. The topological polar surface area (TPSA) is 96.5 Å². The second-order valence-corrected chi connectivity index (χ2v) is 7.07. The molecule has 0 amide bonds. The second-order valence-electron chi connectivity index (χ2n) is 7.07. The van der Waals surface area contributed by atoms with Crippen LogP contribution in [0.25, 0.3) is 11.2 Å². The van der Waals surface area contributed by atoms with E-state index in [4.69, 9.17) is 4.98 Å². The van der Waals surface area contributed by atoms with Crippen molar-refractivity contribution in [2.24, 2.45) is 5.10 Å². The van der Waals surface area contributed by atoms with Gasteiger partial charge in [0.15, 0.2) is 5.65 Å². The molecule has 0 radical (unpaired) electrons. The first-order valence-corrected chi connectivity index (χ1v) is 9.98. The lowest BCUT2D eigenvalue weighted by atomic mass is 9.96. The Morgan fingerprint density at radius 2 is 2.31 bits per heavy atom. The molecule has 0 aliphatic carbocycles. The van der Waals surface area contributed by atoms with Gasteiger partial charge in [0.25, 0.3) is 0 Å². The van der Waals surface area contributed by atoms with Gasteiger partial charge in [-0.1, -0.05) is 6.58 Å². The molecular weight excluding hydrogens is 366 g/mol. The lowest BCUT2D eigenvalue weighted by Gasteiger charge is -2.23. The van der Waals surface area contributed by atoms with Crippen molar-refractivity contribution in [1.82, 2.24) is 35.1 Å². The normalized spacial score (nSPS) is 17.1. The first-order chi connectivity index (χ1) is 14.2. The Balaban J connectivity index is 1.80. The quantitative estimate of drug-likeness (QED) is 0.421. The third-order valence-electron chi connectivity index (χ3n) is 5.17. The lowest BCUT2D eigenvalue weighted by Crippen LogP contribution is -2.29. The number of rotatable bonds is 7. The standard InChI is InChI=1S/C20H27N9/c1-4-28-18(7-9-24-28)27-19-10-17(15-6-5-8-22-12-15)26-20-16(13-25-29(19)20)14(2)11-23-21-3/h7,9-11,13,15,21-22,27H,2,4-6,8,12H2,1,3H3/b23-11-. The summed E-state index contributed by atoms with van der Waals surface area (Å²) >= 11 is 0. The van der Waals surface area contributed by atoms with Crippen molar-refractivity contribution in [1.29, 1.82) is 0 Å². The van der Waals surface area contributed by atoms with E-state index >= 15 is 0 Å². The Bertz CT molecular complexity index is 1020. The van der Waals surface area contributed by atoms with E-state index in [0.29, 0.717) is 5.92 Å². The number of piperidine rings is 1. The summed E-state index contributed by atoms with van der Waals surface area (Å²) in [7, 11) is 1.76.